The number of fused-ring (bicyclic) bond motifs is 1. The number of hydrogen-bond acceptors (Lipinski definition) is 2. The molecule has 0 bridgehead atoms. The van der Waals surface area contributed by atoms with Gasteiger partial charge in [-0.05, 0) is 65.7 Å². The van der Waals surface area contributed by atoms with Crippen molar-refractivity contribution in [2.24, 2.45) is 0 Å². The van der Waals surface area contributed by atoms with E-state index in [1.807, 2.05) is 23.9 Å². The first-order chi connectivity index (χ1) is 15.7. The minimum absolute atomic E-state index is 0.801. The van der Waals surface area contributed by atoms with Crippen molar-refractivity contribution in [3.8, 4) is 17.0 Å². The molecule has 0 spiro atoms. The van der Waals surface area contributed by atoms with Crippen molar-refractivity contribution in [2.45, 2.75) is 16.3 Å². The fourth-order valence-electron chi connectivity index (χ4n) is 3.97. The molecule has 1 aromatic heterocycles. The van der Waals surface area contributed by atoms with E-state index < -0.39 is 0 Å². The van der Waals surface area contributed by atoms with Gasteiger partial charge in [-0.2, -0.15) is 0 Å². The summed E-state index contributed by atoms with van der Waals surface area (Å²) in [5.74, 6) is 0.861. The van der Waals surface area contributed by atoms with Crippen molar-refractivity contribution in [1.82, 2.24) is 4.57 Å². The molecule has 4 heteroatoms. The van der Waals surface area contributed by atoms with Gasteiger partial charge >= 0.3 is 0 Å². The highest BCUT2D eigenvalue weighted by Gasteiger charge is 2.20. The van der Waals surface area contributed by atoms with Gasteiger partial charge in [-0.1, -0.05) is 76.2 Å². The molecule has 0 unspecified atom stereocenters. The number of methoxy groups -OCH3 is 1. The molecular formula is C28H22BrNOS. The lowest BCUT2D eigenvalue weighted by Crippen LogP contribution is -2.02. The minimum atomic E-state index is 0.801. The highest BCUT2D eigenvalue weighted by molar-refractivity contribution is 9.10. The Morgan fingerprint density at radius 1 is 0.812 bits per heavy atom. The van der Waals surface area contributed by atoms with Crippen molar-refractivity contribution in [1.29, 1.82) is 0 Å². The fourth-order valence-corrected chi connectivity index (χ4v) is 5.46. The molecule has 5 aromatic rings. The summed E-state index contributed by atoms with van der Waals surface area (Å²) in [6, 6.07) is 36.2. The first-order valence-electron chi connectivity index (χ1n) is 10.5. The predicted octanol–water partition coefficient (Wildman–Crippen LogP) is 8.28. The van der Waals surface area contributed by atoms with Crippen LogP contribution in [0.3, 0.4) is 0 Å². The number of ether oxygens (including phenoxy) is 1. The zero-order chi connectivity index (χ0) is 21.9. The molecule has 0 aliphatic carbocycles. The Balaban J connectivity index is 1.77. The molecule has 0 N–H and O–H groups in total. The molecule has 4 aromatic carbocycles. The summed E-state index contributed by atoms with van der Waals surface area (Å²) >= 11 is 5.51. The van der Waals surface area contributed by atoms with Gasteiger partial charge in [-0.25, -0.2) is 0 Å². The van der Waals surface area contributed by atoms with Crippen LogP contribution >= 0.6 is 27.7 Å². The first-order valence-corrected chi connectivity index (χ1v) is 12.1. The largest absolute Gasteiger partial charge is 0.497 e. The zero-order valence-electron chi connectivity index (χ0n) is 17.7. The van der Waals surface area contributed by atoms with E-state index in [4.69, 9.17) is 4.74 Å². The Labute approximate surface area is 201 Å². The number of aromatic nitrogens is 1. The minimum Gasteiger partial charge on any atom is -0.497 e. The van der Waals surface area contributed by atoms with Crippen LogP contribution in [0.5, 0.6) is 5.75 Å². The zero-order valence-corrected chi connectivity index (χ0v) is 20.1. The summed E-state index contributed by atoms with van der Waals surface area (Å²) in [5.41, 5.74) is 4.89. The molecule has 1 heterocycles. The van der Waals surface area contributed by atoms with Crippen molar-refractivity contribution >= 4 is 38.6 Å². The second-order valence-electron chi connectivity index (χ2n) is 7.55. The summed E-state index contributed by atoms with van der Waals surface area (Å²) in [6.07, 6.45) is 0. The molecule has 0 atom stereocenters. The van der Waals surface area contributed by atoms with Crippen LogP contribution in [0.1, 0.15) is 5.56 Å². The number of halogens is 1. The van der Waals surface area contributed by atoms with Gasteiger partial charge in [-0.15, -0.1) is 0 Å². The third-order valence-corrected chi connectivity index (χ3v) is 7.11. The van der Waals surface area contributed by atoms with E-state index >= 15 is 0 Å². The third kappa shape index (κ3) is 4.21. The van der Waals surface area contributed by atoms with Crippen molar-refractivity contribution in [3.05, 3.63) is 113 Å². The van der Waals surface area contributed by atoms with Gasteiger partial charge in [0, 0.05) is 26.2 Å². The van der Waals surface area contributed by atoms with Crippen LogP contribution in [0.25, 0.3) is 22.2 Å². The highest BCUT2D eigenvalue weighted by Crippen LogP contribution is 2.44. The second-order valence-corrected chi connectivity index (χ2v) is 9.55. The molecule has 158 valence electrons. The topological polar surface area (TPSA) is 14.2 Å². The second kappa shape index (κ2) is 9.27. The number of nitrogens with zero attached hydrogens (tertiary/aromatic N) is 1. The summed E-state index contributed by atoms with van der Waals surface area (Å²) in [7, 11) is 1.70. The lowest BCUT2D eigenvalue weighted by Gasteiger charge is -2.13. The van der Waals surface area contributed by atoms with Gasteiger partial charge in [0.05, 0.1) is 18.3 Å². The van der Waals surface area contributed by atoms with Crippen LogP contribution in [0.15, 0.2) is 117 Å². The number of hydrogen-bond donors (Lipinski definition) is 0. The summed E-state index contributed by atoms with van der Waals surface area (Å²) < 4.78 is 8.93. The Morgan fingerprint density at radius 2 is 1.50 bits per heavy atom. The summed E-state index contributed by atoms with van der Waals surface area (Å²) in [6.45, 7) is 0.801. The standard InChI is InChI=1S/C28H22BrNOS/c1-31-23-15-12-21(13-16-23)27-28(32-24-10-6-3-7-11-24)25-18-22(29)14-17-26(25)30(27)19-20-8-4-2-5-9-20/h2-18H,19H2,1H3. The van der Waals surface area contributed by atoms with Gasteiger partial charge in [0.1, 0.15) is 5.75 Å². The van der Waals surface area contributed by atoms with Gasteiger partial charge in [0.2, 0.25) is 0 Å². The van der Waals surface area contributed by atoms with E-state index in [1.54, 1.807) is 7.11 Å². The average Bonchev–Trinajstić information content (AvgIpc) is 3.12. The Morgan fingerprint density at radius 3 is 2.19 bits per heavy atom. The Hall–Kier alpha value is -2.95. The molecule has 0 fully saturated rings. The normalized spacial score (nSPS) is 11.1. The number of benzene rings is 4. The Bertz CT molecular complexity index is 1350. The summed E-state index contributed by atoms with van der Waals surface area (Å²) in [5, 5.41) is 1.25. The monoisotopic (exact) mass is 499 g/mol. The van der Waals surface area contributed by atoms with Crippen LogP contribution in [0.2, 0.25) is 0 Å². The molecule has 0 aliphatic heterocycles. The smallest absolute Gasteiger partial charge is 0.118 e. The molecule has 32 heavy (non-hydrogen) atoms. The molecule has 0 saturated heterocycles. The quantitative estimate of drug-likeness (QED) is 0.233. The van der Waals surface area contributed by atoms with Gasteiger partial charge in [0.25, 0.3) is 0 Å². The lowest BCUT2D eigenvalue weighted by atomic mass is 10.1. The molecule has 5 rings (SSSR count). The third-order valence-electron chi connectivity index (χ3n) is 5.49. The maximum Gasteiger partial charge on any atom is 0.118 e. The van der Waals surface area contributed by atoms with E-state index in [0.29, 0.717) is 0 Å². The van der Waals surface area contributed by atoms with Crippen LogP contribution in [0, 0.1) is 0 Å². The van der Waals surface area contributed by atoms with E-state index in [2.05, 4.69) is 111 Å². The van der Waals surface area contributed by atoms with E-state index in [9.17, 15) is 0 Å². The average molecular weight is 500 g/mol. The Kier molecular flexibility index (Phi) is 6.06. The van der Waals surface area contributed by atoms with Crippen LogP contribution in [-0.4, -0.2) is 11.7 Å². The molecule has 0 amide bonds. The SMILES string of the molecule is COc1ccc(-c2c(Sc3ccccc3)c3cc(Br)ccc3n2Cc2ccccc2)cc1. The molecule has 0 radical (unpaired) electrons. The maximum atomic E-state index is 5.41. The highest BCUT2D eigenvalue weighted by atomic mass is 79.9. The van der Waals surface area contributed by atoms with Gasteiger partial charge < -0.3 is 9.30 Å². The van der Waals surface area contributed by atoms with Crippen LogP contribution in [0.4, 0.5) is 0 Å². The molecular weight excluding hydrogens is 478 g/mol. The van der Waals surface area contributed by atoms with Gasteiger partial charge in [0.15, 0.2) is 0 Å². The molecule has 2 nitrogen and oxygen atoms in total. The van der Waals surface area contributed by atoms with Gasteiger partial charge in [-0.3, -0.25) is 0 Å². The maximum absolute atomic E-state index is 5.41. The lowest BCUT2D eigenvalue weighted by molar-refractivity contribution is 0.415. The predicted molar refractivity (Wildman–Crippen MR) is 138 cm³/mol. The number of rotatable bonds is 6. The molecule has 0 aliphatic rings. The van der Waals surface area contributed by atoms with Crippen molar-refractivity contribution in [3.63, 3.8) is 0 Å². The van der Waals surface area contributed by atoms with Crippen LogP contribution < -0.4 is 4.74 Å². The summed E-state index contributed by atoms with van der Waals surface area (Å²) in [4.78, 5) is 2.48. The van der Waals surface area contributed by atoms with Crippen molar-refractivity contribution in [2.75, 3.05) is 7.11 Å². The first kappa shape index (κ1) is 20.9. The van der Waals surface area contributed by atoms with Crippen LogP contribution in [-0.2, 0) is 6.54 Å². The van der Waals surface area contributed by atoms with Crippen molar-refractivity contribution < 1.29 is 4.74 Å². The van der Waals surface area contributed by atoms with E-state index in [1.165, 1.54) is 37.5 Å². The van der Waals surface area contributed by atoms with E-state index in [-0.39, 0.29) is 0 Å². The molecule has 0 saturated carbocycles. The fraction of sp³-hybridized carbons (Fsp3) is 0.0714. The van der Waals surface area contributed by atoms with E-state index in [0.717, 1.165) is 16.8 Å².